The number of benzene rings is 1. The Balaban J connectivity index is 1.77. The molecule has 25 heavy (non-hydrogen) atoms. The zero-order valence-electron chi connectivity index (χ0n) is 14.1. The van der Waals surface area contributed by atoms with E-state index >= 15 is 0 Å². The molecule has 1 aromatic carbocycles. The molecular formula is C18H17BrN2O4. The van der Waals surface area contributed by atoms with Crippen LogP contribution < -0.4 is 9.47 Å². The highest BCUT2D eigenvalue weighted by molar-refractivity contribution is 9.10. The Hall–Kier alpha value is -2.54. The molecule has 0 aliphatic rings. The molecule has 0 aliphatic heterocycles. The number of rotatable bonds is 5. The van der Waals surface area contributed by atoms with Crippen LogP contribution in [0.2, 0.25) is 0 Å². The summed E-state index contributed by atoms with van der Waals surface area (Å²) in [7, 11) is 3.04. The Bertz CT molecular complexity index is 911. The number of carbonyl (C=O) groups excluding carboxylic acids is 1. The van der Waals surface area contributed by atoms with Gasteiger partial charge in [0.2, 0.25) is 0 Å². The third-order valence-electron chi connectivity index (χ3n) is 3.68. The fourth-order valence-corrected chi connectivity index (χ4v) is 2.99. The van der Waals surface area contributed by atoms with E-state index in [1.54, 1.807) is 12.1 Å². The van der Waals surface area contributed by atoms with Gasteiger partial charge in [-0.3, -0.25) is 0 Å². The maximum absolute atomic E-state index is 12.4. The summed E-state index contributed by atoms with van der Waals surface area (Å²) in [6, 6.07) is 7.10. The molecule has 0 spiro atoms. The van der Waals surface area contributed by atoms with Crippen molar-refractivity contribution in [3.05, 3.63) is 58.0 Å². The van der Waals surface area contributed by atoms with E-state index in [9.17, 15) is 4.79 Å². The van der Waals surface area contributed by atoms with Crippen molar-refractivity contribution >= 4 is 27.5 Å². The number of imidazole rings is 1. The van der Waals surface area contributed by atoms with Gasteiger partial charge in [-0.1, -0.05) is 6.07 Å². The van der Waals surface area contributed by atoms with Gasteiger partial charge in [0.1, 0.15) is 28.2 Å². The number of aryl methyl sites for hydroxylation is 1. The molecule has 0 unspecified atom stereocenters. The summed E-state index contributed by atoms with van der Waals surface area (Å²) in [6.07, 6.45) is 3.82. The Labute approximate surface area is 153 Å². The number of hydrogen-bond donors (Lipinski definition) is 0. The highest BCUT2D eigenvalue weighted by atomic mass is 79.9. The van der Waals surface area contributed by atoms with Gasteiger partial charge in [0, 0.05) is 12.4 Å². The Kier molecular flexibility index (Phi) is 4.94. The van der Waals surface area contributed by atoms with Crippen molar-refractivity contribution in [1.82, 2.24) is 9.38 Å². The molecule has 0 atom stereocenters. The molecule has 7 heteroatoms. The second-order valence-corrected chi connectivity index (χ2v) is 6.27. The number of ether oxygens (including phenoxy) is 3. The third kappa shape index (κ3) is 3.61. The van der Waals surface area contributed by atoms with E-state index in [-0.39, 0.29) is 6.61 Å². The summed E-state index contributed by atoms with van der Waals surface area (Å²) in [5.74, 6) is 0.515. The molecule has 0 amide bonds. The minimum Gasteiger partial charge on any atom is -0.495 e. The lowest BCUT2D eigenvalue weighted by Crippen LogP contribution is -2.06. The zero-order valence-corrected chi connectivity index (χ0v) is 15.7. The molecule has 130 valence electrons. The molecule has 3 aromatic rings. The van der Waals surface area contributed by atoms with Crippen LogP contribution in [0.5, 0.6) is 11.5 Å². The minimum absolute atomic E-state index is 0.0836. The maximum Gasteiger partial charge on any atom is 0.338 e. The van der Waals surface area contributed by atoms with Crippen molar-refractivity contribution in [2.75, 3.05) is 14.2 Å². The molecule has 2 aromatic heterocycles. The molecule has 3 rings (SSSR count). The van der Waals surface area contributed by atoms with Crippen LogP contribution in [0.3, 0.4) is 0 Å². The number of methoxy groups -OCH3 is 2. The fourth-order valence-electron chi connectivity index (χ4n) is 2.44. The van der Waals surface area contributed by atoms with E-state index in [1.165, 1.54) is 14.2 Å². The van der Waals surface area contributed by atoms with Crippen molar-refractivity contribution in [1.29, 1.82) is 0 Å². The first kappa shape index (κ1) is 17.3. The van der Waals surface area contributed by atoms with Crippen molar-refractivity contribution in [2.45, 2.75) is 13.5 Å². The Morgan fingerprint density at radius 2 is 1.84 bits per heavy atom. The van der Waals surface area contributed by atoms with Gasteiger partial charge >= 0.3 is 5.97 Å². The van der Waals surface area contributed by atoms with Crippen LogP contribution in [0.4, 0.5) is 0 Å². The monoisotopic (exact) mass is 404 g/mol. The number of fused-ring (bicyclic) bond motifs is 1. The summed E-state index contributed by atoms with van der Waals surface area (Å²) < 4.78 is 18.4. The van der Waals surface area contributed by atoms with E-state index in [2.05, 4.69) is 20.9 Å². The van der Waals surface area contributed by atoms with Gasteiger partial charge in [-0.05, 0) is 46.6 Å². The lowest BCUT2D eigenvalue weighted by atomic mass is 10.2. The average Bonchev–Trinajstić information content (AvgIpc) is 3.01. The van der Waals surface area contributed by atoms with Crippen LogP contribution >= 0.6 is 15.9 Å². The van der Waals surface area contributed by atoms with Crippen LogP contribution in [0.25, 0.3) is 5.65 Å². The standard InChI is InChI=1S/C18H17BrN2O4/c1-11-4-5-16-20-13(9-21(16)8-11)10-25-18(22)12-6-14(23-2)17(19)15(7-12)24-3/h4-9H,10H2,1-3H3. The largest absolute Gasteiger partial charge is 0.495 e. The number of nitrogens with zero attached hydrogens (tertiary/aromatic N) is 2. The van der Waals surface area contributed by atoms with Crippen molar-refractivity contribution < 1.29 is 19.0 Å². The van der Waals surface area contributed by atoms with Gasteiger partial charge in [-0.15, -0.1) is 0 Å². The molecule has 2 heterocycles. The van der Waals surface area contributed by atoms with Gasteiger partial charge in [-0.25, -0.2) is 9.78 Å². The highest BCUT2D eigenvalue weighted by Crippen LogP contribution is 2.35. The summed E-state index contributed by atoms with van der Waals surface area (Å²) in [4.78, 5) is 16.8. The van der Waals surface area contributed by atoms with Crippen LogP contribution in [0, 0.1) is 6.92 Å². The molecular weight excluding hydrogens is 388 g/mol. The van der Waals surface area contributed by atoms with E-state index in [4.69, 9.17) is 14.2 Å². The molecule has 6 nitrogen and oxygen atoms in total. The molecule has 0 N–H and O–H groups in total. The summed E-state index contributed by atoms with van der Waals surface area (Å²) in [5.41, 5.74) is 2.96. The first-order valence-corrected chi connectivity index (χ1v) is 8.34. The molecule has 0 fully saturated rings. The number of halogens is 1. The minimum atomic E-state index is -0.475. The van der Waals surface area contributed by atoms with Crippen molar-refractivity contribution in [3.63, 3.8) is 0 Å². The Morgan fingerprint density at radius 3 is 2.48 bits per heavy atom. The van der Waals surface area contributed by atoms with Gasteiger partial charge in [-0.2, -0.15) is 0 Å². The smallest absolute Gasteiger partial charge is 0.338 e. The summed E-state index contributed by atoms with van der Waals surface area (Å²) in [5, 5.41) is 0. The fraction of sp³-hybridized carbons (Fsp3) is 0.222. The number of hydrogen-bond acceptors (Lipinski definition) is 5. The number of carbonyl (C=O) groups is 1. The van der Waals surface area contributed by atoms with Crippen LogP contribution in [-0.2, 0) is 11.3 Å². The molecule has 0 radical (unpaired) electrons. The predicted octanol–water partition coefficient (Wildman–Crippen LogP) is 3.78. The third-order valence-corrected chi connectivity index (χ3v) is 4.46. The SMILES string of the molecule is COc1cc(C(=O)OCc2cn3cc(C)ccc3n2)cc(OC)c1Br. The van der Waals surface area contributed by atoms with Gasteiger partial charge in [0.25, 0.3) is 0 Å². The number of esters is 1. The quantitative estimate of drug-likeness (QED) is 0.605. The van der Waals surface area contributed by atoms with Crippen LogP contribution in [-0.4, -0.2) is 29.6 Å². The lowest BCUT2D eigenvalue weighted by molar-refractivity contribution is 0.0467. The zero-order chi connectivity index (χ0) is 18.0. The molecule has 0 saturated carbocycles. The van der Waals surface area contributed by atoms with Crippen molar-refractivity contribution in [3.8, 4) is 11.5 Å². The topological polar surface area (TPSA) is 62.1 Å². The molecule has 0 aliphatic carbocycles. The number of aromatic nitrogens is 2. The summed E-state index contributed by atoms with van der Waals surface area (Å²) >= 11 is 3.37. The first-order chi connectivity index (χ1) is 12.0. The average molecular weight is 405 g/mol. The van der Waals surface area contributed by atoms with Gasteiger partial charge in [0.15, 0.2) is 0 Å². The second-order valence-electron chi connectivity index (χ2n) is 5.48. The van der Waals surface area contributed by atoms with E-state index in [1.807, 2.05) is 35.9 Å². The van der Waals surface area contributed by atoms with Crippen LogP contribution in [0.15, 0.2) is 41.1 Å². The normalized spacial score (nSPS) is 10.7. The summed E-state index contributed by atoms with van der Waals surface area (Å²) in [6.45, 7) is 2.09. The van der Waals surface area contributed by atoms with E-state index in [0.29, 0.717) is 27.2 Å². The lowest BCUT2D eigenvalue weighted by Gasteiger charge is -2.11. The molecule has 0 bridgehead atoms. The highest BCUT2D eigenvalue weighted by Gasteiger charge is 2.16. The van der Waals surface area contributed by atoms with Gasteiger partial charge < -0.3 is 18.6 Å². The first-order valence-electron chi connectivity index (χ1n) is 7.54. The molecule has 0 saturated heterocycles. The number of pyridine rings is 1. The predicted molar refractivity (Wildman–Crippen MR) is 96.3 cm³/mol. The second kappa shape index (κ2) is 7.14. The van der Waals surface area contributed by atoms with E-state index in [0.717, 1.165) is 11.2 Å². The Morgan fingerprint density at radius 1 is 1.16 bits per heavy atom. The van der Waals surface area contributed by atoms with E-state index < -0.39 is 5.97 Å². The van der Waals surface area contributed by atoms with Gasteiger partial charge in [0.05, 0.1) is 25.5 Å². The van der Waals surface area contributed by atoms with Crippen LogP contribution in [0.1, 0.15) is 21.6 Å². The van der Waals surface area contributed by atoms with Crippen molar-refractivity contribution in [2.24, 2.45) is 0 Å². The maximum atomic E-state index is 12.4.